The van der Waals surface area contributed by atoms with Crippen LogP contribution >= 0.6 is 0 Å². The third kappa shape index (κ3) is 2.76. The molecule has 18 heavy (non-hydrogen) atoms. The Labute approximate surface area is 106 Å². The largest absolute Gasteiger partial charge is 0.394 e. The Morgan fingerprint density at radius 2 is 2.17 bits per heavy atom. The lowest BCUT2D eigenvalue weighted by Crippen LogP contribution is -2.57. The van der Waals surface area contributed by atoms with Gasteiger partial charge in [0.2, 0.25) is 11.9 Å². The number of rotatable bonds is 5. The molecule has 6 heteroatoms. The number of aliphatic hydroxyl groups is 1. The number of aliphatic hydroxyl groups excluding tert-OH is 1. The maximum atomic E-state index is 11.9. The number of aromatic nitrogens is 2. The predicted molar refractivity (Wildman–Crippen MR) is 67.1 cm³/mol. The fraction of sp³-hybridized carbons (Fsp3) is 0.583. The summed E-state index contributed by atoms with van der Waals surface area (Å²) in [5.41, 5.74) is -0.393. The topological polar surface area (TPSA) is 78.4 Å². The van der Waals surface area contributed by atoms with Crippen molar-refractivity contribution >= 4 is 11.9 Å². The van der Waals surface area contributed by atoms with Crippen molar-refractivity contribution in [2.24, 2.45) is 0 Å². The summed E-state index contributed by atoms with van der Waals surface area (Å²) < 4.78 is 0. The molecule has 2 rings (SSSR count). The number of nitrogens with zero attached hydrogens (tertiary/aromatic N) is 3. The standard InChI is InChI=1S/C12H18N4O2/c1-16(11-13-6-3-7-14-11)8-10(18)15-12(9-17)4-2-5-12/h3,6-7,17H,2,4-5,8-9H2,1H3,(H,15,18). The molecule has 0 radical (unpaired) electrons. The fourth-order valence-electron chi connectivity index (χ4n) is 2.04. The van der Waals surface area contributed by atoms with Gasteiger partial charge in [0.05, 0.1) is 18.7 Å². The van der Waals surface area contributed by atoms with Gasteiger partial charge in [-0.1, -0.05) is 0 Å². The first-order valence-electron chi connectivity index (χ1n) is 6.05. The summed E-state index contributed by atoms with van der Waals surface area (Å²) in [6, 6.07) is 1.73. The van der Waals surface area contributed by atoms with E-state index < -0.39 is 5.54 Å². The van der Waals surface area contributed by atoms with Crippen LogP contribution in [-0.4, -0.2) is 46.7 Å². The fourth-order valence-corrected chi connectivity index (χ4v) is 2.04. The molecule has 1 aliphatic rings. The van der Waals surface area contributed by atoms with Crippen LogP contribution in [0.2, 0.25) is 0 Å². The minimum Gasteiger partial charge on any atom is -0.394 e. The van der Waals surface area contributed by atoms with E-state index in [1.165, 1.54) is 0 Å². The molecule has 2 N–H and O–H groups in total. The Balaban J connectivity index is 1.88. The zero-order chi connectivity index (χ0) is 13.0. The zero-order valence-corrected chi connectivity index (χ0v) is 10.5. The molecule has 6 nitrogen and oxygen atoms in total. The van der Waals surface area contributed by atoms with Crippen LogP contribution in [0.3, 0.4) is 0 Å². The molecule has 1 saturated carbocycles. The van der Waals surface area contributed by atoms with E-state index in [0.717, 1.165) is 19.3 Å². The maximum Gasteiger partial charge on any atom is 0.240 e. The lowest BCUT2D eigenvalue weighted by atomic mass is 9.77. The average molecular weight is 250 g/mol. The van der Waals surface area contributed by atoms with E-state index in [-0.39, 0.29) is 19.1 Å². The second kappa shape index (κ2) is 5.30. The number of carbonyl (C=O) groups excluding carboxylic acids is 1. The van der Waals surface area contributed by atoms with Crippen LogP contribution in [0.15, 0.2) is 18.5 Å². The highest BCUT2D eigenvalue weighted by Crippen LogP contribution is 2.30. The summed E-state index contributed by atoms with van der Waals surface area (Å²) in [7, 11) is 1.77. The lowest BCUT2D eigenvalue weighted by Gasteiger charge is -2.41. The van der Waals surface area contributed by atoms with Crippen LogP contribution in [0.25, 0.3) is 0 Å². The smallest absolute Gasteiger partial charge is 0.240 e. The monoisotopic (exact) mass is 250 g/mol. The molecule has 0 unspecified atom stereocenters. The van der Waals surface area contributed by atoms with Gasteiger partial charge in [0.1, 0.15) is 0 Å². The van der Waals surface area contributed by atoms with E-state index in [1.807, 2.05) is 0 Å². The lowest BCUT2D eigenvalue weighted by molar-refractivity contribution is -0.123. The molecular weight excluding hydrogens is 232 g/mol. The summed E-state index contributed by atoms with van der Waals surface area (Å²) in [6.07, 6.45) is 6.02. The number of nitrogens with one attached hydrogen (secondary N) is 1. The highest BCUT2D eigenvalue weighted by atomic mass is 16.3. The highest BCUT2D eigenvalue weighted by molar-refractivity contribution is 5.81. The Hall–Kier alpha value is -1.69. The van der Waals surface area contributed by atoms with Gasteiger partial charge in [-0.25, -0.2) is 9.97 Å². The van der Waals surface area contributed by atoms with Crippen molar-refractivity contribution in [1.29, 1.82) is 0 Å². The molecule has 0 aromatic carbocycles. The molecule has 1 heterocycles. The molecule has 1 aliphatic carbocycles. The summed E-state index contributed by atoms with van der Waals surface area (Å²) in [5, 5.41) is 12.2. The first kappa shape index (κ1) is 12.8. The Morgan fingerprint density at radius 3 is 2.67 bits per heavy atom. The Bertz CT molecular complexity index is 400. The number of hydrogen-bond donors (Lipinski definition) is 2. The van der Waals surface area contributed by atoms with Crippen LogP contribution in [0.1, 0.15) is 19.3 Å². The number of likely N-dealkylation sites (N-methyl/N-ethyl adjacent to an activating group) is 1. The van der Waals surface area contributed by atoms with Gasteiger partial charge in [-0.2, -0.15) is 0 Å². The Morgan fingerprint density at radius 1 is 1.50 bits per heavy atom. The van der Waals surface area contributed by atoms with E-state index >= 15 is 0 Å². The normalized spacial score (nSPS) is 16.8. The van der Waals surface area contributed by atoms with Gasteiger partial charge in [0.15, 0.2) is 0 Å². The summed E-state index contributed by atoms with van der Waals surface area (Å²) >= 11 is 0. The molecular formula is C12H18N4O2. The van der Waals surface area contributed by atoms with Crippen LogP contribution < -0.4 is 10.2 Å². The van der Waals surface area contributed by atoms with E-state index in [1.54, 1.807) is 30.4 Å². The second-order valence-corrected chi connectivity index (χ2v) is 4.75. The van der Waals surface area contributed by atoms with Crippen molar-refractivity contribution in [2.75, 3.05) is 25.1 Å². The molecule has 1 fully saturated rings. The van der Waals surface area contributed by atoms with Crippen LogP contribution in [0, 0.1) is 0 Å². The van der Waals surface area contributed by atoms with Crippen molar-refractivity contribution in [3.63, 3.8) is 0 Å². The van der Waals surface area contributed by atoms with Gasteiger partial charge in [-0.15, -0.1) is 0 Å². The molecule has 0 atom stereocenters. The van der Waals surface area contributed by atoms with Crippen molar-refractivity contribution in [1.82, 2.24) is 15.3 Å². The number of anilines is 1. The van der Waals surface area contributed by atoms with Crippen molar-refractivity contribution in [3.8, 4) is 0 Å². The summed E-state index contributed by atoms with van der Waals surface area (Å²) in [6.45, 7) is 0.191. The van der Waals surface area contributed by atoms with Crippen molar-refractivity contribution in [3.05, 3.63) is 18.5 Å². The van der Waals surface area contributed by atoms with E-state index in [2.05, 4.69) is 15.3 Å². The molecule has 1 amide bonds. The van der Waals surface area contributed by atoms with Gasteiger partial charge < -0.3 is 15.3 Å². The third-order valence-electron chi connectivity index (χ3n) is 3.29. The van der Waals surface area contributed by atoms with Gasteiger partial charge in [-0.05, 0) is 25.3 Å². The number of carbonyl (C=O) groups is 1. The SMILES string of the molecule is CN(CC(=O)NC1(CO)CCC1)c1ncccn1. The molecule has 1 aromatic rings. The molecule has 98 valence electrons. The quantitative estimate of drug-likeness (QED) is 0.765. The van der Waals surface area contributed by atoms with Gasteiger partial charge in [0, 0.05) is 19.4 Å². The minimum absolute atomic E-state index is 0.00426. The average Bonchev–Trinajstić information content (AvgIpc) is 2.35. The number of amides is 1. The highest BCUT2D eigenvalue weighted by Gasteiger charge is 2.37. The van der Waals surface area contributed by atoms with Crippen molar-refractivity contribution in [2.45, 2.75) is 24.8 Å². The zero-order valence-electron chi connectivity index (χ0n) is 10.5. The van der Waals surface area contributed by atoms with Gasteiger partial charge in [0.25, 0.3) is 0 Å². The Kier molecular flexibility index (Phi) is 3.76. The van der Waals surface area contributed by atoms with E-state index in [0.29, 0.717) is 5.95 Å². The van der Waals surface area contributed by atoms with Crippen molar-refractivity contribution < 1.29 is 9.90 Å². The first-order chi connectivity index (χ1) is 8.65. The van der Waals surface area contributed by atoms with Crippen LogP contribution in [-0.2, 0) is 4.79 Å². The molecule has 0 aliphatic heterocycles. The van der Waals surface area contributed by atoms with Gasteiger partial charge in [-0.3, -0.25) is 4.79 Å². The van der Waals surface area contributed by atoms with E-state index in [9.17, 15) is 9.90 Å². The second-order valence-electron chi connectivity index (χ2n) is 4.75. The summed E-state index contributed by atoms with van der Waals surface area (Å²) in [4.78, 5) is 21.7. The minimum atomic E-state index is -0.393. The molecule has 0 spiro atoms. The summed E-state index contributed by atoms with van der Waals surface area (Å²) in [5.74, 6) is 0.401. The van der Waals surface area contributed by atoms with Gasteiger partial charge >= 0.3 is 0 Å². The van der Waals surface area contributed by atoms with Crippen LogP contribution in [0.4, 0.5) is 5.95 Å². The third-order valence-corrected chi connectivity index (χ3v) is 3.29. The number of hydrogen-bond acceptors (Lipinski definition) is 5. The van der Waals surface area contributed by atoms with Crippen LogP contribution in [0.5, 0.6) is 0 Å². The molecule has 1 aromatic heterocycles. The maximum absolute atomic E-state index is 11.9. The first-order valence-corrected chi connectivity index (χ1v) is 6.05. The molecule has 0 bridgehead atoms. The molecule has 0 saturated heterocycles. The predicted octanol–water partition coefficient (Wildman–Crippen LogP) is -0.0560. The van der Waals surface area contributed by atoms with E-state index in [4.69, 9.17) is 0 Å².